The number of nitrogens with one attached hydrogen (secondary N) is 1. The Labute approximate surface area is 116 Å². The molecule has 5 heteroatoms. The van der Waals surface area contributed by atoms with Crippen LogP contribution in [-0.2, 0) is 6.54 Å². The standard InChI is InChI=1S/C14H27N5/c1-12(2)19-6-5-13(16-19)9-15-10-14-11-17(3)7-8-18(14)4/h5-6,12,14-15H,7-11H2,1-4H3. The molecule has 1 aromatic heterocycles. The van der Waals surface area contributed by atoms with Gasteiger partial charge in [0.15, 0.2) is 0 Å². The summed E-state index contributed by atoms with van der Waals surface area (Å²) in [7, 11) is 4.41. The minimum absolute atomic E-state index is 0.437. The zero-order valence-electron chi connectivity index (χ0n) is 12.6. The van der Waals surface area contributed by atoms with Crippen molar-refractivity contribution < 1.29 is 0 Å². The molecule has 1 aliphatic rings. The SMILES string of the molecule is CC(C)n1ccc(CNCC2CN(C)CCN2C)n1. The Morgan fingerprint density at radius 2 is 2.16 bits per heavy atom. The van der Waals surface area contributed by atoms with Crippen LogP contribution in [-0.4, -0.2) is 65.9 Å². The molecule has 0 aromatic carbocycles. The summed E-state index contributed by atoms with van der Waals surface area (Å²) in [5.41, 5.74) is 1.13. The maximum absolute atomic E-state index is 4.56. The third kappa shape index (κ3) is 4.03. The molecule has 19 heavy (non-hydrogen) atoms. The number of hydrogen-bond acceptors (Lipinski definition) is 4. The molecule has 0 saturated carbocycles. The van der Waals surface area contributed by atoms with Crippen LogP contribution in [0.15, 0.2) is 12.3 Å². The van der Waals surface area contributed by atoms with E-state index in [2.05, 4.69) is 60.4 Å². The lowest BCUT2D eigenvalue weighted by molar-refractivity contribution is 0.113. The second kappa shape index (κ2) is 6.50. The van der Waals surface area contributed by atoms with Crippen molar-refractivity contribution in [3.63, 3.8) is 0 Å². The monoisotopic (exact) mass is 265 g/mol. The highest BCUT2D eigenvalue weighted by Gasteiger charge is 2.21. The van der Waals surface area contributed by atoms with Gasteiger partial charge >= 0.3 is 0 Å². The second-order valence-electron chi connectivity index (χ2n) is 5.91. The van der Waals surface area contributed by atoms with Crippen LogP contribution in [0.1, 0.15) is 25.6 Å². The first-order chi connectivity index (χ1) is 9.06. The quantitative estimate of drug-likeness (QED) is 0.854. The third-order valence-electron chi connectivity index (χ3n) is 3.86. The van der Waals surface area contributed by atoms with Crippen LogP contribution in [0.25, 0.3) is 0 Å². The molecule has 1 N–H and O–H groups in total. The van der Waals surface area contributed by atoms with Crippen molar-refractivity contribution in [1.29, 1.82) is 0 Å². The molecule has 1 atom stereocenters. The van der Waals surface area contributed by atoms with E-state index in [1.807, 2.05) is 4.68 Å². The Balaban J connectivity index is 1.76. The average Bonchev–Trinajstić information content (AvgIpc) is 2.82. The van der Waals surface area contributed by atoms with Gasteiger partial charge in [0.25, 0.3) is 0 Å². The molecule has 1 fully saturated rings. The molecule has 0 spiro atoms. The highest BCUT2D eigenvalue weighted by molar-refractivity contribution is 4.99. The lowest BCUT2D eigenvalue weighted by Crippen LogP contribution is -2.53. The first-order valence-electron chi connectivity index (χ1n) is 7.20. The van der Waals surface area contributed by atoms with E-state index in [0.717, 1.165) is 31.9 Å². The number of aromatic nitrogens is 2. The summed E-state index contributed by atoms with van der Waals surface area (Å²) in [5, 5.41) is 8.09. The topological polar surface area (TPSA) is 36.3 Å². The van der Waals surface area contributed by atoms with Gasteiger partial charge in [-0.15, -0.1) is 0 Å². The number of likely N-dealkylation sites (N-methyl/N-ethyl adjacent to an activating group) is 2. The minimum Gasteiger partial charge on any atom is -0.309 e. The molecular weight excluding hydrogens is 238 g/mol. The number of rotatable bonds is 5. The first-order valence-corrected chi connectivity index (χ1v) is 7.20. The van der Waals surface area contributed by atoms with E-state index in [9.17, 15) is 0 Å². The molecule has 1 aromatic rings. The molecule has 0 radical (unpaired) electrons. The van der Waals surface area contributed by atoms with Crippen LogP contribution in [0.2, 0.25) is 0 Å². The van der Waals surface area contributed by atoms with Gasteiger partial charge in [0, 0.05) is 51.0 Å². The molecule has 5 nitrogen and oxygen atoms in total. The van der Waals surface area contributed by atoms with E-state index in [0.29, 0.717) is 12.1 Å². The molecule has 0 aliphatic carbocycles. The highest BCUT2D eigenvalue weighted by atomic mass is 15.3. The van der Waals surface area contributed by atoms with Crippen molar-refractivity contribution >= 4 is 0 Å². The highest BCUT2D eigenvalue weighted by Crippen LogP contribution is 2.06. The van der Waals surface area contributed by atoms with Gasteiger partial charge in [0.2, 0.25) is 0 Å². The van der Waals surface area contributed by atoms with E-state index >= 15 is 0 Å². The molecule has 2 heterocycles. The van der Waals surface area contributed by atoms with Gasteiger partial charge in [0.05, 0.1) is 5.69 Å². The lowest BCUT2D eigenvalue weighted by Gasteiger charge is -2.37. The average molecular weight is 265 g/mol. The van der Waals surface area contributed by atoms with Crippen molar-refractivity contribution in [1.82, 2.24) is 24.9 Å². The van der Waals surface area contributed by atoms with Crippen LogP contribution in [0.4, 0.5) is 0 Å². The molecule has 0 amide bonds. The van der Waals surface area contributed by atoms with E-state index in [-0.39, 0.29) is 0 Å². The molecule has 1 aliphatic heterocycles. The molecule has 2 rings (SSSR count). The number of piperazine rings is 1. The normalized spacial score (nSPS) is 22.3. The molecular formula is C14H27N5. The van der Waals surface area contributed by atoms with Crippen LogP contribution >= 0.6 is 0 Å². The summed E-state index contributed by atoms with van der Waals surface area (Å²) in [6, 6.07) is 3.14. The summed E-state index contributed by atoms with van der Waals surface area (Å²) in [5.74, 6) is 0. The fourth-order valence-corrected chi connectivity index (χ4v) is 2.45. The minimum atomic E-state index is 0.437. The van der Waals surface area contributed by atoms with Crippen molar-refractivity contribution in [3.8, 4) is 0 Å². The summed E-state index contributed by atoms with van der Waals surface area (Å²) in [4.78, 5) is 4.85. The van der Waals surface area contributed by atoms with Gasteiger partial charge in [0.1, 0.15) is 0 Å². The van der Waals surface area contributed by atoms with Gasteiger partial charge in [-0.2, -0.15) is 5.10 Å². The zero-order valence-corrected chi connectivity index (χ0v) is 12.6. The van der Waals surface area contributed by atoms with Crippen molar-refractivity contribution in [3.05, 3.63) is 18.0 Å². The third-order valence-corrected chi connectivity index (χ3v) is 3.86. The molecule has 1 unspecified atom stereocenters. The summed E-state index contributed by atoms with van der Waals surface area (Å²) >= 11 is 0. The fourth-order valence-electron chi connectivity index (χ4n) is 2.45. The predicted molar refractivity (Wildman–Crippen MR) is 78.2 cm³/mol. The van der Waals surface area contributed by atoms with Crippen LogP contribution in [0.5, 0.6) is 0 Å². The Morgan fingerprint density at radius 1 is 1.37 bits per heavy atom. The molecule has 0 bridgehead atoms. The largest absolute Gasteiger partial charge is 0.309 e. The molecule has 108 valence electrons. The van der Waals surface area contributed by atoms with E-state index in [1.54, 1.807) is 0 Å². The summed E-state index contributed by atoms with van der Waals surface area (Å²) < 4.78 is 2.01. The van der Waals surface area contributed by atoms with Crippen molar-refractivity contribution in [2.24, 2.45) is 0 Å². The Bertz CT molecular complexity index is 387. The zero-order chi connectivity index (χ0) is 13.8. The maximum atomic E-state index is 4.56. The predicted octanol–water partition coefficient (Wildman–Crippen LogP) is 0.799. The Hall–Kier alpha value is -0.910. The number of hydrogen-bond donors (Lipinski definition) is 1. The Morgan fingerprint density at radius 3 is 2.84 bits per heavy atom. The second-order valence-corrected chi connectivity index (χ2v) is 5.91. The van der Waals surface area contributed by atoms with Crippen LogP contribution in [0.3, 0.4) is 0 Å². The Kier molecular flexibility index (Phi) is 4.96. The van der Waals surface area contributed by atoms with Gasteiger partial charge in [-0.3, -0.25) is 9.58 Å². The summed E-state index contributed by atoms with van der Waals surface area (Å²) in [6.07, 6.45) is 2.06. The van der Waals surface area contributed by atoms with Crippen molar-refractivity contribution in [2.75, 3.05) is 40.3 Å². The fraction of sp³-hybridized carbons (Fsp3) is 0.786. The van der Waals surface area contributed by atoms with Gasteiger partial charge in [-0.1, -0.05) is 0 Å². The van der Waals surface area contributed by atoms with E-state index < -0.39 is 0 Å². The van der Waals surface area contributed by atoms with Crippen LogP contribution < -0.4 is 5.32 Å². The summed E-state index contributed by atoms with van der Waals surface area (Å²) in [6.45, 7) is 9.65. The molecule has 1 saturated heterocycles. The van der Waals surface area contributed by atoms with Gasteiger partial charge in [-0.05, 0) is 34.0 Å². The number of nitrogens with zero attached hydrogens (tertiary/aromatic N) is 4. The van der Waals surface area contributed by atoms with E-state index in [4.69, 9.17) is 0 Å². The smallest absolute Gasteiger partial charge is 0.0762 e. The van der Waals surface area contributed by atoms with Gasteiger partial charge < -0.3 is 10.2 Å². The maximum Gasteiger partial charge on any atom is 0.0762 e. The van der Waals surface area contributed by atoms with Crippen LogP contribution in [0, 0.1) is 0 Å². The van der Waals surface area contributed by atoms with Crippen molar-refractivity contribution in [2.45, 2.75) is 32.5 Å². The lowest BCUT2D eigenvalue weighted by atomic mass is 10.2. The first kappa shape index (κ1) is 14.5. The van der Waals surface area contributed by atoms with E-state index in [1.165, 1.54) is 6.54 Å². The van der Waals surface area contributed by atoms with Gasteiger partial charge in [-0.25, -0.2) is 0 Å².